The minimum Gasteiger partial charge on any atom is -0.304 e. The minimum absolute atomic E-state index is 0.0648. The van der Waals surface area contributed by atoms with Gasteiger partial charge >= 0.3 is 5.69 Å². The standard InChI is InChI=1S/C29H22N4O4/c1-4-9-22-20(5-2)26(34)33(27(22)35)25-24(18-12-8-10-17(3)14-18)31-29(37)32(28(25)36)23-16-30-15-19-11-6-7-13-21(19)23/h4-16H,2H2,1,3H3,(H,31,37)/b9-4-. The highest BCUT2D eigenvalue weighted by Crippen LogP contribution is 2.33. The van der Waals surface area contributed by atoms with Crippen LogP contribution in [0.1, 0.15) is 12.5 Å². The predicted molar refractivity (Wildman–Crippen MR) is 143 cm³/mol. The number of carbonyl (C=O) groups is 2. The zero-order valence-corrected chi connectivity index (χ0v) is 20.2. The third-order valence-electron chi connectivity index (χ3n) is 6.19. The number of aromatic nitrogens is 3. The van der Waals surface area contributed by atoms with E-state index >= 15 is 0 Å². The lowest BCUT2D eigenvalue weighted by atomic mass is 10.1. The molecular weight excluding hydrogens is 468 g/mol. The number of benzene rings is 2. The molecule has 1 aliphatic rings. The molecule has 2 amide bonds. The Morgan fingerprint density at radius 1 is 0.946 bits per heavy atom. The van der Waals surface area contributed by atoms with Crippen molar-refractivity contribution in [1.82, 2.24) is 14.5 Å². The van der Waals surface area contributed by atoms with Crippen molar-refractivity contribution in [3.63, 3.8) is 0 Å². The van der Waals surface area contributed by atoms with E-state index in [-0.39, 0.29) is 28.2 Å². The first-order valence-corrected chi connectivity index (χ1v) is 11.5. The van der Waals surface area contributed by atoms with E-state index in [4.69, 9.17) is 0 Å². The van der Waals surface area contributed by atoms with Crippen LogP contribution < -0.4 is 16.1 Å². The zero-order valence-electron chi connectivity index (χ0n) is 20.2. The maximum Gasteiger partial charge on any atom is 0.333 e. The summed E-state index contributed by atoms with van der Waals surface area (Å²) in [5.74, 6) is -1.38. The lowest BCUT2D eigenvalue weighted by Gasteiger charge is -2.20. The number of hydrogen-bond acceptors (Lipinski definition) is 5. The van der Waals surface area contributed by atoms with Crippen LogP contribution in [-0.4, -0.2) is 26.3 Å². The first-order chi connectivity index (χ1) is 17.9. The van der Waals surface area contributed by atoms with Crippen molar-refractivity contribution in [3.05, 3.63) is 123 Å². The molecule has 182 valence electrons. The maximum atomic E-state index is 14.2. The van der Waals surface area contributed by atoms with Crippen LogP contribution in [0.3, 0.4) is 0 Å². The van der Waals surface area contributed by atoms with E-state index in [0.29, 0.717) is 10.9 Å². The minimum atomic E-state index is -0.828. The molecule has 8 heteroatoms. The van der Waals surface area contributed by atoms with Gasteiger partial charge in [0, 0.05) is 22.5 Å². The number of hydrogen-bond donors (Lipinski definition) is 1. The summed E-state index contributed by atoms with van der Waals surface area (Å²) in [6.07, 6.45) is 7.45. The molecule has 37 heavy (non-hydrogen) atoms. The highest BCUT2D eigenvalue weighted by atomic mass is 16.2. The lowest BCUT2D eigenvalue weighted by Crippen LogP contribution is -2.43. The van der Waals surface area contributed by atoms with Crippen LogP contribution in [0.2, 0.25) is 0 Å². The Morgan fingerprint density at radius 3 is 2.43 bits per heavy atom. The number of aryl methyl sites for hydroxylation is 1. The number of fused-ring (bicyclic) bond motifs is 1. The third-order valence-corrected chi connectivity index (χ3v) is 6.19. The average Bonchev–Trinajstić information content (AvgIpc) is 3.12. The van der Waals surface area contributed by atoms with Gasteiger partial charge in [-0.05, 0) is 19.9 Å². The monoisotopic (exact) mass is 490 g/mol. The van der Waals surface area contributed by atoms with Gasteiger partial charge in [-0.2, -0.15) is 0 Å². The number of allylic oxidation sites excluding steroid dienone is 1. The molecule has 0 atom stereocenters. The first-order valence-electron chi connectivity index (χ1n) is 11.5. The normalized spacial score (nSPS) is 13.8. The van der Waals surface area contributed by atoms with Crippen molar-refractivity contribution in [1.29, 1.82) is 0 Å². The number of nitrogens with zero attached hydrogens (tertiary/aromatic N) is 3. The molecule has 0 aliphatic carbocycles. The Balaban J connectivity index is 1.87. The van der Waals surface area contributed by atoms with Gasteiger partial charge in [-0.25, -0.2) is 14.3 Å². The Morgan fingerprint density at radius 2 is 1.70 bits per heavy atom. The highest BCUT2D eigenvalue weighted by Gasteiger charge is 2.40. The van der Waals surface area contributed by atoms with Crippen molar-refractivity contribution in [3.8, 4) is 16.9 Å². The van der Waals surface area contributed by atoms with E-state index in [2.05, 4.69) is 16.5 Å². The maximum absolute atomic E-state index is 14.2. The van der Waals surface area contributed by atoms with Crippen LogP contribution >= 0.6 is 0 Å². The number of amides is 2. The molecular formula is C29H22N4O4. The van der Waals surface area contributed by atoms with E-state index < -0.39 is 23.1 Å². The second-order valence-corrected chi connectivity index (χ2v) is 8.52. The smallest absolute Gasteiger partial charge is 0.304 e. The molecule has 3 heterocycles. The predicted octanol–water partition coefficient (Wildman–Crippen LogP) is 3.98. The summed E-state index contributed by atoms with van der Waals surface area (Å²) in [5.41, 5.74) is 0.00765. The molecule has 1 N–H and O–H groups in total. The summed E-state index contributed by atoms with van der Waals surface area (Å²) in [5, 5.41) is 1.33. The first kappa shape index (κ1) is 23.6. The lowest BCUT2D eigenvalue weighted by molar-refractivity contribution is -0.120. The Hall–Kier alpha value is -5.11. The van der Waals surface area contributed by atoms with Gasteiger partial charge in [-0.15, -0.1) is 0 Å². The molecule has 0 saturated carbocycles. The van der Waals surface area contributed by atoms with Crippen LogP contribution in [0.25, 0.3) is 27.7 Å². The largest absolute Gasteiger partial charge is 0.333 e. The van der Waals surface area contributed by atoms with E-state index in [1.165, 1.54) is 18.3 Å². The van der Waals surface area contributed by atoms with Crippen molar-refractivity contribution < 1.29 is 9.59 Å². The van der Waals surface area contributed by atoms with Gasteiger partial charge in [-0.3, -0.25) is 19.4 Å². The van der Waals surface area contributed by atoms with Gasteiger partial charge in [-0.1, -0.05) is 72.8 Å². The molecule has 5 rings (SSSR count). The third kappa shape index (κ3) is 3.75. The molecule has 0 spiro atoms. The van der Waals surface area contributed by atoms with Gasteiger partial charge in [0.25, 0.3) is 17.4 Å². The fourth-order valence-corrected chi connectivity index (χ4v) is 4.53. The fourth-order valence-electron chi connectivity index (χ4n) is 4.53. The van der Waals surface area contributed by atoms with E-state index in [1.54, 1.807) is 49.5 Å². The van der Waals surface area contributed by atoms with Crippen molar-refractivity contribution >= 4 is 28.3 Å². The molecule has 2 aromatic carbocycles. The number of nitrogens with one attached hydrogen (secondary N) is 1. The van der Waals surface area contributed by atoms with Crippen molar-refractivity contribution in [2.45, 2.75) is 13.8 Å². The fraction of sp³-hybridized carbons (Fsp3) is 0.0690. The number of anilines is 1. The molecule has 0 radical (unpaired) electrons. The second-order valence-electron chi connectivity index (χ2n) is 8.52. The van der Waals surface area contributed by atoms with Crippen LogP contribution in [0.4, 0.5) is 5.69 Å². The van der Waals surface area contributed by atoms with Crippen LogP contribution in [0.5, 0.6) is 0 Å². The number of H-pyrrole nitrogens is 1. The summed E-state index contributed by atoms with van der Waals surface area (Å²) in [4.78, 5) is 62.4. The number of aromatic amines is 1. The summed E-state index contributed by atoms with van der Waals surface area (Å²) in [6.45, 7) is 7.25. The Labute approximate surface area is 211 Å². The summed E-state index contributed by atoms with van der Waals surface area (Å²) in [6, 6.07) is 14.3. The van der Waals surface area contributed by atoms with Crippen LogP contribution in [0, 0.1) is 6.92 Å². The Bertz CT molecular complexity index is 1800. The topological polar surface area (TPSA) is 105 Å². The number of rotatable bonds is 5. The van der Waals surface area contributed by atoms with Gasteiger partial charge in [0.05, 0.1) is 28.7 Å². The number of carbonyl (C=O) groups excluding carboxylic acids is 2. The van der Waals surface area contributed by atoms with Gasteiger partial charge in [0.1, 0.15) is 5.69 Å². The summed E-state index contributed by atoms with van der Waals surface area (Å²) >= 11 is 0. The van der Waals surface area contributed by atoms with Crippen molar-refractivity contribution in [2.75, 3.05) is 4.90 Å². The van der Waals surface area contributed by atoms with Crippen LogP contribution in [0.15, 0.2) is 106 Å². The number of pyridine rings is 1. The molecule has 1 aliphatic heterocycles. The quantitative estimate of drug-likeness (QED) is 0.426. The molecule has 0 bridgehead atoms. The van der Waals surface area contributed by atoms with Crippen LogP contribution in [-0.2, 0) is 9.59 Å². The van der Waals surface area contributed by atoms with Gasteiger partial charge in [0.15, 0.2) is 0 Å². The highest BCUT2D eigenvalue weighted by molar-refractivity contribution is 6.35. The molecule has 4 aromatic rings. The molecule has 0 fully saturated rings. The molecule has 0 unspecified atom stereocenters. The summed E-state index contributed by atoms with van der Waals surface area (Å²) < 4.78 is 0.908. The van der Waals surface area contributed by atoms with Crippen molar-refractivity contribution in [2.24, 2.45) is 0 Å². The second kappa shape index (κ2) is 9.16. The molecule has 2 aromatic heterocycles. The molecule has 0 saturated heterocycles. The van der Waals surface area contributed by atoms with Gasteiger partial charge < -0.3 is 4.98 Å². The van der Waals surface area contributed by atoms with E-state index in [1.807, 2.05) is 25.1 Å². The number of imide groups is 1. The Kier molecular flexibility index (Phi) is 5.85. The van der Waals surface area contributed by atoms with E-state index in [0.717, 1.165) is 20.4 Å². The SMILES string of the molecule is C=CC1=C(/C=C\C)C(=O)N(c2c(-c3cccc(C)c3)[nH]c(=O)n(-c3cncc4ccccc34)c2=O)C1=O. The van der Waals surface area contributed by atoms with Gasteiger partial charge in [0.2, 0.25) is 0 Å². The summed E-state index contributed by atoms with van der Waals surface area (Å²) in [7, 11) is 0. The molecule has 8 nitrogen and oxygen atoms in total. The van der Waals surface area contributed by atoms with E-state index in [9.17, 15) is 19.2 Å². The average molecular weight is 491 g/mol. The zero-order chi connectivity index (χ0) is 26.3.